The van der Waals surface area contributed by atoms with Gasteiger partial charge in [-0.15, -0.1) is 0 Å². The zero-order valence-electron chi connectivity index (χ0n) is 13.9. The van der Waals surface area contributed by atoms with E-state index >= 15 is 0 Å². The van der Waals surface area contributed by atoms with Crippen molar-refractivity contribution >= 4 is 9.84 Å². The number of rotatable bonds is 4. The molecule has 2 fully saturated rings. The van der Waals surface area contributed by atoms with E-state index in [0.29, 0.717) is 23.8 Å². The van der Waals surface area contributed by atoms with Gasteiger partial charge in [0.1, 0.15) is 17.5 Å². The molecule has 25 heavy (non-hydrogen) atoms. The zero-order valence-corrected chi connectivity index (χ0v) is 14.7. The van der Waals surface area contributed by atoms with E-state index in [1.807, 2.05) is 6.92 Å². The summed E-state index contributed by atoms with van der Waals surface area (Å²) in [4.78, 5) is 5.59. The Balaban J connectivity index is 1.46. The summed E-state index contributed by atoms with van der Waals surface area (Å²) in [5.74, 6) is 0.910. The van der Waals surface area contributed by atoms with Crippen LogP contribution in [0.1, 0.15) is 25.5 Å². The molecule has 1 aromatic rings. The molecule has 2 aliphatic heterocycles. The third-order valence-corrected chi connectivity index (χ3v) is 6.95. The summed E-state index contributed by atoms with van der Waals surface area (Å²) in [6.45, 7) is 4.13. The van der Waals surface area contributed by atoms with E-state index in [1.165, 1.54) is 6.07 Å². The fourth-order valence-electron chi connectivity index (χ4n) is 3.64. The van der Waals surface area contributed by atoms with Crippen LogP contribution >= 0.6 is 0 Å². The molecule has 1 atom stereocenters. The number of hydrogen-bond acceptors (Lipinski definition) is 5. The Morgan fingerprint density at radius 1 is 1.28 bits per heavy atom. The van der Waals surface area contributed by atoms with Crippen molar-refractivity contribution in [3.8, 4) is 5.75 Å². The predicted octanol–water partition coefficient (Wildman–Crippen LogP) is 2.38. The highest BCUT2D eigenvalue weighted by Crippen LogP contribution is 2.42. The van der Waals surface area contributed by atoms with E-state index in [1.54, 1.807) is 0 Å². The minimum Gasteiger partial charge on any atom is -0.488 e. The van der Waals surface area contributed by atoms with Crippen LogP contribution in [0.25, 0.3) is 0 Å². The van der Waals surface area contributed by atoms with Gasteiger partial charge in [0.05, 0.1) is 17.7 Å². The summed E-state index contributed by atoms with van der Waals surface area (Å²) in [5.41, 5.74) is -0.971. The standard InChI is InChI=1S/C16H21F3N2O3S/c1-12(24-13-2-3-14(20-8-13)16(17,18)19)9-21-6-4-15(5-7-21)10-25(22,23)11-15/h2-3,8,12H,4-7,9-11H2,1H3/t12-/m1/s1. The first-order chi connectivity index (χ1) is 11.6. The highest BCUT2D eigenvalue weighted by Gasteiger charge is 2.49. The third-order valence-electron chi connectivity index (χ3n) is 4.85. The van der Waals surface area contributed by atoms with Crippen LogP contribution in [0.15, 0.2) is 18.3 Å². The van der Waals surface area contributed by atoms with Gasteiger partial charge in [0, 0.05) is 12.0 Å². The number of halogens is 3. The SMILES string of the molecule is C[C@H](CN1CCC2(CC1)CS(=O)(=O)C2)Oc1ccc(C(F)(F)F)nc1. The Hall–Kier alpha value is -1.35. The largest absolute Gasteiger partial charge is 0.488 e. The van der Waals surface area contributed by atoms with Crippen LogP contribution < -0.4 is 4.74 Å². The Morgan fingerprint density at radius 2 is 1.92 bits per heavy atom. The molecular formula is C16H21F3N2O3S. The van der Waals surface area contributed by atoms with Crippen LogP contribution in [-0.2, 0) is 16.0 Å². The normalized spacial score (nSPS) is 23.8. The Kier molecular flexibility index (Phi) is 4.74. The molecule has 0 aliphatic carbocycles. The minimum absolute atomic E-state index is 0.0310. The van der Waals surface area contributed by atoms with Crippen LogP contribution in [0.3, 0.4) is 0 Å². The topological polar surface area (TPSA) is 59.5 Å². The number of pyridine rings is 1. The molecule has 9 heteroatoms. The average Bonchev–Trinajstić information content (AvgIpc) is 2.47. The smallest absolute Gasteiger partial charge is 0.433 e. The van der Waals surface area contributed by atoms with Crippen molar-refractivity contribution in [3.63, 3.8) is 0 Å². The second-order valence-corrected chi connectivity index (χ2v) is 9.20. The van der Waals surface area contributed by atoms with Gasteiger partial charge in [-0.3, -0.25) is 4.90 Å². The van der Waals surface area contributed by atoms with Gasteiger partial charge >= 0.3 is 6.18 Å². The lowest BCUT2D eigenvalue weighted by Gasteiger charge is -2.47. The zero-order chi connectivity index (χ0) is 18.3. The van der Waals surface area contributed by atoms with Crippen molar-refractivity contribution < 1.29 is 26.3 Å². The van der Waals surface area contributed by atoms with Crippen molar-refractivity contribution in [3.05, 3.63) is 24.0 Å². The quantitative estimate of drug-likeness (QED) is 0.805. The monoisotopic (exact) mass is 378 g/mol. The van der Waals surface area contributed by atoms with Crippen molar-refractivity contribution in [1.29, 1.82) is 0 Å². The molecule has 0 saturated carbocycles. The second-order valence-electron chi connectivity index (χ2n) is 7.14. The van der Waals surface area contributed by atoms with Gasteiger partial charge in [-0.1, -0.05) is 0 Å². The summed E-state index contributed by atoms with van der Waals surface area (Å²) < 4.78 is 65.9. The van der Waals surface area contributed by atoms with Gasteiger partial charge in [-0.05, 0) is 45.0 Å². The fraction of sp³-hybridized carbons (Fsp3) is 0.688. The lowest BCUT2D eigenvalue weighted by molar-refractivity contribution is -0.141. The molecule has 0 aromatic carbocycles. The number of alkyl halides is 3. The molecule has 3 heterocycles. The molecule has 0 amide bonds. The van der Waals surface area contributed by atoms with E-state index in [-0.39, 0.29) is 11.5 Å². The van der Waals surface area contributed by atoms with Crippen LogP contribution in [0.5, 0.6) is 5.75 Å². The summed E-state index contributed by atoms with van der Waals surface area (Å²) in [5, 5.41) is 0. The number of sulfone groups is 1. The van der Waals surface area contributed by atoms with Gasteiger partial charge in [0.15, 0.2) is 9.84 Å². The fourth-order valence-corrected chi connectivity index (χ4v) is 6.00. The van der Waals surface area contributed by atoms with Crippen LogP contribution in [0.2, 0.25) is 0 Å². The summed E-state index contributed by atoms with van der Waals surface area (Å²) in [6.07, 6.45) is -1.84. The molecule has 3 rings (SSSR count). The van der Waals surface area contributed by atoms with E-state index < -0.39 is 21.7 Å². The number of ether oxygens (including phenoxy) is 1. The van der Waals surface area contributed by atoms with E-state index in [9.17, 15) is 21.6 Å². The lowest BCUT2D eigenvalue weighted by Crippen LogP contribution is -2.55. The molecular weight excluding hydrogens is 357 g/mol. The van der Waals surface area contributed by atoms with Gasteiger partial charge in [0.2, 0.25) is 0 Å². The Bertz CT molecular complexity index is 697. The number of likely N-dealkylation sites (tertiary alicyclic amines) is 1. The molecule has 0 N–H and O–H groups in total. The summed E-state index contributed by atoms with van der Waals surface area (Å²) in [7, 11) is -2.82. The van der Waals surface area contributed by atoms with Gasteiger partial charge < -0.3 is 4.74 Å². The Labute approximate surface area is 145 Å². The maximum absolute atomic E-state index is 12.5. The molecule has 0 unspecified atom stereocenters. The second kappa shape index (κ2) is 6.42. The predicted molar refractivity (Wildman–Crippen MR) is 86.1 cm³/mol. The number of piperidine rings is 1. The molecule has 5 nitrogen and oxygen atoms in total. The summed E-state index contributed by atoms with van der Waals surface area (Å²) >= 11 is 0. The van der Waals surface area contributed by atoms with E-state index in [0.717, 1.165) is 38.2 Å². The van der Waals surface area contributed by atoms with Gasteiger partial charge in [0.25, 0.3) is 0 Å². The van der Waals surface area contributed by atoms with Crippen molar-refractivity contribution in [2.75, 3.05) is 31.1 Å². The van der Waals surface area contributed by atoms with Crippen molar-refractivity contribution in [1.82, 2.24) is 9.88 Å². The maximum Gasteiger partial charge on any atom is 0.433 e. The first kappa shape index (κ1) is 18.4. The number of aromatic nitrogens is 1. The number of hydrogen-bond donors (Lipinski definition) is 0. The van der Waals surface area contributed by atoms with Gasteiger partial charge in [-0.2, -0.15) is 13.2 Å². The minimum atomic E-state index is -4.46. The van der Waals surface area contributed by atoms with E-state index in [2.05, 4.69) is 9.88 Å². The molecule has 0 radical (unpaired) electrons. The number of nitrogens with zero attached hydrogens (tertiary/aromatic N) is 2. The van der Waals surface area contributed by atoms with Crippen molar-refractivity contribution in [2.24, 2.45) is 5.41 Å². The van der Waals surface area contributed by atoms with Crippen LogP contribution in [-0.4, -0.2) is 55.5 Å². The first-order valence-corrected chi connectivity index (χ1v) is 10.0. The highest BCUT2D eigenvalue weighted by molar-refractivity contribution is 7.92. The van der Waals surface area contributed by atoms with Crippen molar-refractivity contribution in [2.45, 2.75) is 32.0 Å². The van der Waals surface area contributed by atoms with Crippen LogP contribution in [0, 0.1) is 5.41 Å². The molecule has 140 valence electrons. The molecule has 1 aromatic heterocycles. The lowest BCUT2D eigenvalue weighted by atomic mass is 9.81. The first-order valence-electron chi connectivity index (χ1n) is 8.20. The average molecular weight is 378 g/mol. The summed E-state index contributed by atoms with van der Waals surface area (Å²) in [6, 6.07) is 2.18. The molecule has 0 bridgehead atoms. The molecule has 1 spiro atoms. The van der Waals surface area contributed by atoms with E-state index in [4.69, 9.17) is 4.74 Å². The maximum atomic E-state index is 12.5. The molecule has 2 saturated heterocycles. The Morgan fingerprint density at radius 3 is 2.40 bits per heavy atom. The highest BCUT2D eigenvalue weighted by atomic mass is 32.2. The third kappa shape index (κ3) is 4.44. The van der Waals surface area contributed by atoms with Crippen LogP contribution in [0.4, 0.5) is 13.2 Å². The van der Waals surface area contributed by atoms with Gasteiger partial charge in [-0.25, -0.2) is 13.4 Å². The molecule has 2 aliphatic rings.